The van der Waals surface area contributed by atoms with Gasteiger partial charge in [-0.25, -0.2) is 4.68 Å². The molecule has 2 aromatic rings. The van der Waals surface area contributed by atoms with E-state index in [1.54, 1.807) is 11.3 Å². The Hall–Kier alpha value is -1.69. The fourth-order valence-electron chi connectivity index (χ4n) is 2.54. The maximum atomic E-state index is 12.1. The lowest BCUT2D eigenvalue weighted by Crippen LogP contribution is -2.51. The van der Waals surface area contributed by atoms with Gasteiger partial charge < -0.3 is 4.90 Å². The molecule has 6 heteroatoms. The lowest BCUT2D eigenvalue weighted by molar-refractivity contribution is -0.136. The first-order valence-corrected chi connectivity index (χ1v) is 7.94. The zero-order chi connectivity index (χ0) is 13.5. The van der Waals surface area contributed by atoms with E-state index < -0.39 is 0 Å². The molecule has 0 bridgehead atoms. The van der Waals surface area contributed by atoms with Crippen molar-refractivity contribution in [2.24, 2.45) is 0 Å². The Bertz CT molecular complexity index is 611. The van der Waals surface area contributed by atoms with Gasteiger partial charge in [0.05, 0.1) is 18.2 Å². The van der Waals surface area contributed by atoms with Crippen LogP contribution < -0.4 is 0 Å². The summed E-state index contributed by atoms with van der Waals surface area (Å²) in [6.07, 6.45) is 5.06. The van der Waals surface area contributed by atoms with E-state index in [1.807, 2.05) is 26.4 Å². The van der Waals surface area contributed by atoms with Crippen LogP contribution in [0.5, 0.6) is 0 Å². The van der Waals surface area contributed by atoms with Gasteiger partial charge in [-0.15, -0.1) is 5.10 Å². The molecular formula is C14H16N4OS. The normalized spacial score (nSPS) is 19.1. The third-order valence-electron chi connectivity index (χ3n) is 4.05. The topological polar surface area (TPSA) is 51.0 Å². The van der Waals surface area contributed by atoms with Crippen molar-refractivity contribution in [3.05, 3.63) is 34.3 Å². The van der Waals surface area contributed by atoms with E-state index in [0.717, 1.165) is 24.3 Å². The maximum absolute atomic E-state index is 12.1. The molecule has 0 atom stereocenters. The summed E-state index contributed by atoms with van der Waals surface area (Å²) in [5, 5.41) is 12.5. The smallest absolute Gasteiger partial charge is 0.227 e. The Morgan fingerprint density at radius 3 is 2.95 bits per heavy atom. The van der Waals surface area contributed by atoms with E-state index in [1.165, 1.54) is 12.8 Å². The number of rotatable bonds is 4. The monoisotopic (exact) mass is 288 g/mol. The molecule has 5 nitrogen and oxygen atoms in total. The van der Waals surface area contributed by atoms with Crippen LogP contribution in [0.3, 0.4) is 0 Å². The van der Waals surface area contributed by atoms with E-state index in [0.29, 0.717) is 18.4 Å². The van der Waals surface area contributed by atoms with Gasteiger partial charge in [-0.05, 0) is 35.2 Å². The van der Waals surface area contributed by atoms with Crippen molar-refractivity contribution < 1.29 is 4.79 Å². The first-order chi connectivity index (χ1) is 9.79. The fraction of sp³-hybridized carbons (Fsp3) is 0.500. The zero-order valence-electron chi connectivity index (χ0n) is 11.1. The molecule has 0 aromatic carbocycles. The molecule has 2 fully saturated rings. The first-order valence-electron chi connectivity index (χ1n) is 7.00. The van der Waals surface area contributed by atoms with E-state index in [-0.39, 0.29) is 5.91 Å². The average Bonchev–Trinajstić information content (AvgIpc) is 2.90. The molecule has 0 N–H and O–H groups in total. The predicted molar refractivity (Wildman–Crippen MR) is 75.6 cm³/mol. The zero-order valence-corrected chi connectivity index (χ0v) is 11.9. The summed E-state index contributed by atoms with van der Waals surface area (Å²) < 4.78 is 1.93. The molecule has 0 radical (unpaired) electrons. The van der Waals surface area contributed by atoms with Gasteiger partial charge in [0.2, 0.25) is 5.91 Å². The minimum atomic E-state index is 0.210. The summed E-state index contributed by atoms with van der Waals surface area (Å²) in [6.45, 7) is 1.52. The maximum Gasteiger partial charge on any atom is 0.227 e. The summed E-state index contributed by atoms with van der Waals surface area (Å²) in [5.74, 6) is 0.849. The molecule has 1 aliphatic heterocycles. The number of thiophene rings is 1. The highest BCUT2D eigenvalue weighted by molar-refractivity contribution is 7.07. The summed E-state index contributed by atoms with van der Waals surface area (Å²) >= 11 is 1.63. The Balaban J connectivity index is 1.33. The Morgan fingerprint density at radius 2 is 2.25 bits per heavy atom. The van der Waals surface area contributed by atoms with Crippen LogP contribution in [0.15, 0.2) is 23.0 Å². The number of carbonyl (C=O) groups is 1. The van der Waals surface area contributed by atoms with E-state index in [4.69, 9.17) is 0 Å². The highest BCUT2D eigenvalue weighted by Gasteiger charge is 2.34. The van der Waals surface area contributed by atoms with Gasteiger partial charge in [0.25, 0.3) is 0 Å². The van der Waals surface area contributed by atoms with Crippen LogP contribution >= 0.6 is 11.3 Å². The largest absolute Gasteiger partial charge is 0.338 e. The van der Waals surface area contributed by atoms with Gasteiger partial charge in [-0.1, -0.05) is 5.21 Å². The molecule has 1 saturated carbocycles. The average molecular weight is 288 g/mol. The molecular weight excluding hydrogens is 272 g/mol. The van der Waals surface area contributed by atoms with Gasteiger partial charge >= 0.3 is 0 Å². The quantitative estimate of drug-likeness (QED) is 0.862. The summed E-state index contributed by atoms with van der Waals surface area (Å²) in [5.41, 5.74) is 2.23. The van der Waals surface area contributed by atoms with E-state index in [2.05, 4.69) is 16.5 Å². The summed E-state index contributed by atoms with van der Waals surface area (Å²) in [4.78, 5) is 14.0. The van der Waals surface area contributed by atoms with Gasteiger partial charge in [0, 0.05) is 25.2 Å². The number of hydrogen-bond donors (Lipinski definition) is 0. The van der Waals surface area contributed by atoms with Crippen LogP contribution in [0, 0.1) is 0 Å². The number of hydrogen-bond acceptors (Lipinski definition) is 4. The third kappa shape index (κ3) is 2.24. The second kappa shape index (κ2) is 4.70. The minimum absolute atomic E-state index is 0.210. The van der Waals surface area contributed by atoms with Crippen molar-refractivity contribution in [3.8, 4) is 0 Å². The van der Waals surface area contributed by atoms with Crippen LogP contribution in [0.25, 0.3) is 0 Å². The van der Waals surface area contributed by atoms with Crippen molar-refractivity contribution in [3.63, 3.8) is 0 Å². The fourth-order valence-corrected chi connectivity index (χ4v) is 3.21. The van der Waals surface area contributed by atoms with Crippen LogP contribution in [0.1, 0.15) is 36.1 Å². The SMILES string of the molecule is O=C(Cc1ccsc1)N1CC(n2cc(C3CC3)nn2)C1. The van der Waals surface area contributed by atoms with Crippen molar-refractivity contribution in [1.82, 2.24) is 19.9 Å². The highest BCUT2D eigenvalue weighted by Crippen LogP contribution is 2.39. The second-order valence-corrected chi connectivity index (χ2v) is 6.44. The molecule has 4 rings (SSSR count). The van der Waals surface area contributed by atoms with Gasteiger partial charge in [0.15, 0.2) is 0 Å². The Kier molecular flexibility index (Phi) is 2.84. The van der Waals surface area contributed by atoms with Crippen LogP contribution in [-0.4, -0.2) is 38.9 Å². The summed E-state index contributed by atoms with van der Waals surface area (Å²) in [7, 11) is 0. The van der Waals surface area contributed by atoms with E-state index in [9.17, 15) is 4.79 Å². The molecule has 2 aromatic heterocycles. The number of nitrogens with zero attached hydrogens (tertiary/aromatic N) is 4. The molecule has 1 amide bonds. The number of aromatic nitrogens is 3. The highest BCUT2D eigenvalue weighted by atomic mass is 32.1. The molecule has 3 heterocycles. The van der Waals surface area contributed by atoms with Crippen molar-refractivity contribution in [2.75, 3.05) is 13.1 Å². The molecule has 1 saturated heterocycles. The molecule has 20 heavy (non-hydrogen) atoms. The van der Waals surface area contributed by atoms with Gasteiger partial charge in [-0.3, -0.25) is 4.79 Å². The number of likely N-dealkylation sites (tertiary alicyclic amines) is 1. The van der Waals surface area contributed by atoms with Gasteiger partial charge in [-0.2, -0.15) is 11.3 Å². The van der Waals surface area contributed by atoms with Crippen molar-refractivity contribution >= 4 is 17.2 Å². The molecule has 1 aliphatic carbocycles. The predicted octanol–water partition coefficient (Wildman–Crippen LogP) is 1.84. The van der Waals surface area contributed by atoms with E-state index >= 15 is 0 Å². The molecule has 0 spiro atoms. The second-order valence-electron chi connectivity index (χ2n) is 5.66. The van der Waals surface area contributed by atoms with Crippen LogP contribution in [-0.2, 0) is 11.2 Å². The van der Waals surface area contributed by atoms with Crippen molar-refractivity contribution in [1.29, 1.82) is 0 Å². The van der Waals surface area contributed by atoms with Crippen LogP contribution in [0.2, 0.25) is 0 Å². The summed E-state index contributed by atoms with van der Waals surface area (Å²) in [6, 6.07) is 2.32. The van der Waals surface area contributed by atoms with Crippen molar-refractivity contribution in [2.45, 2.75) is 31.2 Å². The van der Waals surface area contributed by atoms with Gasteiger partial charge in [0.1, 0.15) is 0 Å². The first kappa shape index (κ1) is 12.1. The Labute approximate surface area is 121 Å². The molecule has 0 unspecified atom stereocenters. The lowest BCUT2D eigenvalue weighted by atomic mass is 10.1. The standard InChI is InChI=1S/C14H16N4OS/c19-14(5-10-3-4-20-9-10)17-6-12(7-17)18-8-13(15-16-18)11-1-2-11/h3-4,8-9,11-12H,1-2,5-7H2. The lowest BCUT2D eigenvalue weighted by Gasteiger charge is -2.38. The minimum Gasteiger partial charge on any atom is -0.338 e. The van der Waals surface area contributed by atoms with Crippen LogP contribution in [0.4, 0.5) is 0 Å². The number of carbonyl (C=O) groups excluding carboxylic acids is 1. The Morgan fingerprint density at radius 1 is 1.40 bits per heavy atom. The molecule has 2 aliphatic rings. The number of amides is 1. The third-order valence-corrected chi connectivity index (χ3v) is 4.78. The molecule has 104 valence electrons.